The monoisotopic (exact) mass is 311 g/mol. The lowest BCUT2D eigenvalue weighted by Gasteiger charge is -2.37. The lowest BCUT2D eigenvalue weighted by molar-refractivity contribution is 0.0696. The number of hydrogen-bond donors (Lipinski definition) is 1. The number of benzene rings is 1. The Morgan fingerprint density at radius 1 is 1.33 bits per heavy atom. The van der Waals surface area contributed by atoms with Crippen LogP contribution in [0.1, 0.15) is 42.6 Å². The zero-order chi connectivity index (χ0) is 15.8. The van der Waals surface area contributed by atoms with Crippen molar-refractivity contribution in [1.29, 1.82) is 0 Å². The van der Waals surface area contributed by atoms with Crippen molar-refractivity contribution in [3.05, 3.63) is 29.3 Å². The molecule has 0 aromatic heterocycles. The number of piperidine rings is 1. The molecule has 0 aliphatic carbocycles. The van der Waals surface area contributed by atoms with Gasteiger partial charge in [-0.1, -0.05) is 19.9 Å². The summed E-state index contributed by atoms with van der Waals surface area (Å²) in [5.74, 6) is -1.12. The molecule has 21 heavy (non-hydrogen) atoms. The standard InChI is InChI=1S/C15H21NO4S/c1-11-5-6-12(14(17)18)9-13(11)21(19,20)16-8-4-7-15(2,3)10-16/h5-6,9H,4,7-8,10H2,1-3H3,(H,17,18). The van der Waals surface area contributed by atoms with Crippen molar-refractivity contribution < 1.29 is 18.3 Å². The highest BCUT2D eigenvalue weighted by molar-refractivity contribution is 7.89. The molecule has 0 atom stereocenters. The van der Waals surface area contributed by atoms with Gasteiger partial charge in [0.1, 0.15) is 0 Å². The van der Waals surface area contributed by atoms with Gasteiger partial charge in [-0.3, -0.25) is 0 Å². The average molecular weight is 311 g/mol. The summed E-state index contributed by atoms with van der Waals surface area (Å²) in [5.41, 5.74) is 0.516. The summed E-state index contributed by atoms with van der Waals surface area (Å²) in [7, 11) is -3.65. The number of carboxylic acid groups (broad SMARTS) is 1. The molecule has 1 aromatic carbocycles. The summed E-state index contributed by atoms with van der Waals surface area (Å²) >= 11 is 0. The fourth-order valence-corrected chi connectivity index (χ4v) is 4.64. The second-order valence-corrected chi connectivity index (χ2v) is 8.30. The predicted octanol–water partition coefficient (Wildman–Crippen LogP) is 2.50. The van der Waals surface area contributed by atoms with Crippen LogP contribution in [0.15, 0.2) is 23.1 Å². The molecule has 116 valence electrons. The Hall–Kier alpha value is -1.40. The van der Waals surface area contributed by atoms with Crippen LogP contribution in [-0.2, 0) is 10.0 Å². The number of rotatable bonds is 3. The van der Waals surface area contributed by atoms with Gasteiger partial charge < -0.3 is 5.11 Å². The summed E-state index contributed by atoms with van der Waals surface area (Å²) in [5, 5.41) is 9.05. The van der Waals surface area contributed by atoms with Gasteiger partial charge in [-0.25, -0.2) is 13.2 Å². The molecule has 0 saturated carbocycles. The minimum absolute atomic E-state index is 0.00422. The van der Waals surface area contributed by atoms with Crippen LogP contribution in [0.4, 0.5) is 0 Å². The number of carbonyl (C=O) groups is 1. The molecule has 5 nitrogen and oxygen atoms in total. The summed E-state index contributed by atoms with van der Waals surface area (Å²) in [6, 6.07) is 4.23. The highest BCUT2D eigenvalue weighted by atomic mass is 32.2. The first-order valence-corrected chi connectivity index (χ1v) is 8.42. The molecule has 0 amide bonds. The third kappa shape index (κ3) is 3.27. The normalized spacial score (nSPS) is 19.4. The van der Waals surface area contributed by atoms with Gasteiger partial charge in [-0.15, -0.1) is 0 Å². The van der Waals surface area contributed by atoms with Crippen LogP contribution < -0.4 is 0 Å². The smallest absolute Gasteiger partial charge is 0.335 e. The number of aromatic carboxylic acids is 1. The molecule has 1 fully saturated rings. The first-order valence-electron chi connectivity index (χ1n) is 6.98. The molecule has 1 N–H and O–H groups in total. The fourth-order valence-electron chi connectivity index (χ4n) is 2.72. The van der Waals surface area contributed by atoms with Crippen molar-refractivity contribution in [3.63, 3.8) is 0 Å². The molecule has 0 unspecified atom stereocenters. The molecule has 0 radical (unpaired) electrons. The molecule has 2 rings (SSSR count). The fraction of sp³-hybridized carbons (Fsp3) is 0.533. The zero-order valence-electron chi connectivity index (χ0n) is 12.6. The lowest BCUT2D eigenvalue weighted by Crippen LogP contribution is -2.43. The third-order valence-electron chi connectivity index (χ3n) is 3.92. The Bertz CT molecular complexity index is 664. The first kappa shape index (κ1) is 16.0. The van der Waals surface area contributed by atoms with Crippen molar-refractivity contribution in [2.75, 3.05) is 13.1 Å². The van der Waals surface area contributed by atoms with E-state index in [2.05, 4.69) is 13.8 Å². The SMILES string of the molecule is Cc1ccc(C(=O)O)cc1S(=O)(=O)N1CCCC(C)(C)C1. The molecular weight excluding hydrogens is 290 g/mol. The molecule has 1 aliphatic rings. The quantitative estimate of drug-likeness (QED) is 0.930. The lowest BCUT2D eigenvalue weighted by atomic mass is 9.85. The highest BCUT2D eigenvalue weighted by Gasteiger charge is 2.35. The van der Waals surface area contributed by atoms with Gasteiger partial charge in [-0.05, 0) is 42.9 Å². The van der Waals surface area contributed by atoms with E-state index in [0.29, 0.717) is 18.7 Å². The molecule has 1 heterocycles. The van der Waals surface area contributed by atoms with Crippen LogP contribution in [0.5, 0.6) is 0 Å². The van der Waals surface area contributed by atoms with Crippen LogP contribution in [0.2, 0.25) is 0 Å². The topological polar surface area (TPSA) is 74.7 Å². The van der Waals surface area contributed by atoms with E-state index in [1.807, 2.05) is 0 Å². The molecule has 6 heteroatoms. The van der Waals surface area contributed by atoms with E-state index in [0.717, 1.165) is 12.8 Å². The number of carboxylic acids is 1. The first-order chi connectivity index (χ1) is 9.63. The van der Waals surface area contributed by atoms with Crippen molar-refractivity contribution in [1.82, 2.24) is 4.31 Å². The number of nitrogens with zero attached hydrogens (tertiary/aromatic N) is 1. The Kier molecular flexibility index (Phi) is 4.13. The number of sulfonamides is 1. The molecule has 1 saturated heterocycles. The van der Waals surface area contributed by atoms with E-state index >= 15 is 0 Å². The van der Waals surface area contributed by atoms with E-state index < -0.39 is 16.0 Å². The maximum atomic E-state index is 12.8. The largest absolute Gasteiger partial charge is 0.478 e. The predicted molar refractivity (Wildman–Crippen MR) is 79.9 cm³/mol. The summed E-state index contributed by atoms with van der Waals surface area (Å²) < 4.78 is 27.1. The van der Waals surface area contributed by atoms with Gasteiger partial charge in [0.25, 0.3) is 0 Å². The van der Waals surface area contributed by atoms with E-state index in [4.69, 9.17) is 5.11 Å². The maximum absolute atomic E-state index is 12.8. The van der Waals surface area contributed by atoms with E-state index in [1.54, 1.807) is 13.0 Å². The van der Waals surface area contributed by atoms with Gasteiger partial charge in [-0.2, -0.15) is 4.31 Å². The second kappa shape index (κ2) is 5.42. The Balaban J connectivity index is 2.44. The van der Waals surface area contributed by atoms with E-state index in [9.17, 15) is 13.2 Å². The van der Waals surface area contributed by atoms with Crippen LogP contribution in [0, 0.1) is 12.3 Å². The molecular formula is C15H21NO4S. The van der Waals surface area contributed by atoms with Crippen molar-refractivity contribution in [3.8, 4) is 0 Å². The van der Waals surface area contributed by atoms with Gasteiger partial charge in [0, 0.05) is 13.1 Å². The van der Waals surface area contributed by atoms with Gasteiger partial charge in [0.05, 0.1) is 10.5 Å². The summed E-state index contributed by atoms with van der Waals surface area (Å²) in [6.07, 6.45) is 1.82. The van der Waals surface area contributed by atoms with Crippen LogP contribution in [0.3, 0.4) is 0 Å². The van der Waals surface area contributed by atoms with Gasteiger partial charge in [0.15, 0.2) is 0 Å². The third-order valence-corrected chi connectivity index (χ3v) is 5.91. The number of hydrogen-bond acceptors (Lipinski definition) is 3. The van der Waals surface area contributed by atoms with Gasteiger partial charge >= 0.3 is 5.97 Å². The zero-order valence-corrected chi connectivity index (χ0v) is 13.4. The van der Waals surface area contributed by atoms with Crippen LogP contribution >= 0.6 is 0 Å². The van der Waals surface area contributed by atoms with Crippen LogP contribution in [-0.4, -0.2) is 36.9 Å². The minimum atomic E-state index is -3.65. The Morgan fingerprint density at radius 2 is 2.00 bits per heavy atom. The van der Waals surface area contributed by atoms with Crippen LogP contribution in [0.25, 0.3) is 0 Å². The number of aryl methyl sites for hydroxylation is 1. The van der Waals surface area contributed by atoms with Crippen molar-refractivity contribution >= 4 is 16.0 Å². The van der Waals surface area contributed by atoms with Crippen molar-refractivity contribution in [2.24, 2.45) is 5.41 Å². The molecule has 1 aromatic rings. The molecule has 1 aliphatic heterocycles. The molecule has 0 bridgehead atoms. The molecule has 0 spiro atoms. The minimum Gasteiger partial charge on any atom is -0.478 e. The van der Waals surface area contributed by atoms with E-state index in [1.165, 1.54) is 16.4 Å². The van der Waals surface area contributed by atoms with Gasteiger partial charge in [0.2, 0.25) is 10.0 Å². The van der Waals surface area contributed by atoms with E-state index in [-0.39, 0.29) is 15.9 Å². The second-order valence-electron chi connectivity index (χ2n) is 6.39. The Labute approximate surface area is 125 Å². The maximum Gasteiger partial charge on any atom is 0.335 e. The summed E-state index contributed by atoms with van der Waals surface area (Å²) in [4.78, 5) is 11.2. The summed E-state index contributed by atoms with van der Waals surface area (Å²) in [6.45, 7) is 6.74. The Morgan fingerprint density at radius 3 is 2.57 bits per heavy atom. The highest BCUT2D eigenvalue weighted by Crippen LogP contribution is 2.32. The average Bonchev–Trinajstić information content (AvgIpc) is 2.37. The van der Waals surface area contributed by atoms with Crippen molar-refractivity contribution in [2.45, 2.75) is 38.5 Å².